The molecule has 0 aromatic heterocycles. The van der Waals surface area contributed by atoms with Crippen molar-refractivity contribution in [2.24, 2.45) is 5.92 Å². The van der Waals surface area contributed by atoms with Gasteiger partial charge in [-0.25, -0.2) is 4.79 Å². The highest BCUT2D eigenvalue weighted by Crippen LogP contribution is 2.25. The fourth-order valence-corrected chi connectivity index (χ4v) is 1.75. The molecule has 0 bridgehead atoms. The van der Waals surface area contributed by atoms with E-state index < -0.39 is 12.0 Å². The predicted molar refractivity (Wildman–Crippen MR) is 83.5 cm³/mol. The van der Waals surface area contributed by atoms with Gasteiger partial charge >= 0.3 is 5.97 Å². The number of nitrogens with one attached hydrogen (secondary N) is 1. The van der Waals surface area contributed by atoms with Crippen LogP contribution in [0.1, 0.15) is 41.0 Å². The fourth-order valence-electron chi connectivity index (χ4n) is 1.75. The molecule has 4 nitrogen and oxygen atoms in total. The number of rotatable bonds is 4. The van der Waals surface area contributed by atoms with E-state index in [9.17, 15) is 9.59 Å². The topological polar surface area (TPSA) is 66.4 Å². The molecule has 1 saturated heterocycles. The number of hydrogen-bond donors (Lipinski definition) is 2. The van der Waals surface area contributed by atoms with Gasteiger partial charge in [-0.2, -0.15) is 0 Å². The number of carboxylic acid groups (broad SMARTS) is 1. The number of carboxylic acids is 1. The van der Waals surface area contributed by atoms with Crippen LogP contribution in [0, 0.1) is 5.92 Å². The van der Waals surface area contributed by atoms with Crippen LogP contribution in [0.25, 0.3) is 0 Å². The molecule has 0 aliphatic carbocycles. The van der Waals surface area contributed by atoms with Gasteiger partial charge in [-0.1, -0.05) is 58.6 Å². The summed E-state index contributed by atoms with van der Waals surface area (Å²) in [4.78, 5) is 22.2. The van der Waals surface area contributed by atoms with Crippen molar-refractivity contribution >= 4 is 11.9 Å². The number of carbonyl (C=O) groups is 2. The molecule has 1 fully saturated rings. The summed E-state index contributed by atoms with van der Waals surface area (Å²) in [5.41, 5.74) is 0.767. The third-order valence-electron chi connectivity index (χ3n) is 2.54. The van der Waals surface area contributed by atoms with E-state index in [2.05, 4.69) is 11.9 Å². The van der Waals surface area contributed by atoms with Gasteiger partial charge in [0.05, 0.1) is 0 Å². The smallest absolute Gasteiger partial charge is 0.326 e. The quantitative estimate of drug-likeness (QED) is 0.777. The minimum absolute atomic E-state index is 0.201. The Morgan fingerprint density at radius 2 is 1.90 bits per heavy atom. The number of carbonyl (C=O) groups excluding carboxylic acids is 1. The van der Waals surface area contributed by atoms with Gasteiger partial charge in [0.25, 0.3) is 0 Å². The Kier molecular flexibility index (Phi) is 12.5. The molecule has 2 atom stereocenters. The maximum Gasteiger partial charge on any atom is 0.326 e. The van der Waals surface area contributed by atoms with Crippen molar-refractivity contribution < 1.29 is 14.7 Å². The number of amides is 1. The summed E-state index contributed by atoms with van der Waals surface area (Å²) in [6, 6.07) is -0.845. The lowest BCUT2D eigenvalue weighted by Crippen LogP contribution is -2.37. The lowest BCUT2D eigenvalue weighted by atomic mass is 9.91. The monoisotopic (exact) mass is 281 g/mol. The van der Waals surface area contributed by atoms with E-state index in [0.29, 0.717) is 0 Å². The lowest BCUT2D eigenvalue weighted by molar-refractivity contribution is -0.140. The maximum atomic E-state index is 11.2. The third kappa shape index (κ3) is 6.36. The van der Waals surface area contributed by atoms with Gasteiger partial charge in [0.2, 0.25) is 5.91 Å². The zero-order valence-electron chi connectivity index (χ0n) is 13.1. The van der Waals surface area contributed by atoms with Crippen molar-refractivity contribution in [1.29, 1.82) is 0 Å². The molecule has 0 aromatic rings. The zero-order chi connectivity index (χ0) is 16.1. The molecule has 1 heterocycles. The lowest BCUT2D eigenvalue weighted by Gasteiger charge is -2.15. The second-order valence-electron chi connectivity index (χ2n) is 3.59. The Hall–Kier alpha value is -1.84. The first-order chi connectivity index (χ1) is 9.60. The summed E-state index contributed by atoms with van der Waals surface area (Å²) in [5.74, 6) is -1.58. The van der Waals surface area contributed by atoms with Gasteiger partial charge in [-0.3, -0.25) is 4.79 Å². The van der Waals surface area contributed by atoms with Gasteiger partial charge in [0.1, 0.15) is 6.04 Å². The van der Waals surface area contributed by atoms with Crippen molar-refractivity contribution in [1.82, 2.24) is 5.32 Å². The zero-order valence-corrected chi connectivity index (χ0v) is 13.1. The first kappa shape index (κ1) is 20.5. The average molecular weight is 281 g/mol. The number of allylic oxidation sites excluding steroid dienone is 4. The van der Waals surface area contributed by atoms with E-state index in [1.54, 1.807) is 18.2 Å². The molecule has 4 heteroatoms. The standard InChI is InChI=1S/C12H15NO3.2C2H6/c1-3-5-6-8(4-2)9-7-10(14)13-11(9)12(15)16;2*1-2/h3-6,9,11H,2,7H2,1H3,(H,13,14)(H,15,16);2*1-2H3/b5-3-,8-6+;;. The minimum atomic E-state index is -1.01. The highest BCUT2D eigenvalue weighted by molar-refractivity contribution is 5.89. The van der Waals surface area contributed by atoms with Gasteiger partial charge < -0.3 is 10.4 Å². The van der Waals surface area contributed by atoms with Crippen LogP contribution in [0.5, 0.6) is 0 Å². The van der Waals surface area contributed by atoms with Gasteiger partial charge in [-0.05, 0) is 12.5 Å². The fraction of sp³-hybridized carbons (Fsp3) is 0.500. The van der Waals surface area contributed by atoms with Crippen LogP contribution in [0.4, 0.5) is 0 Å². The molecule has 1 amide bonds. The summed E-state index contributed by atoms with van der Waals surface area (Å²) in [7, 11) is 0. The summed E-state index contributed by atoms with van der Waals surface area (Å²) in [6.07, 6.45) is 7.23. The molecule has 0 saturated carbocycles. The molecule has 0 aromatic carbocycles. The van der Waals surface area contributed by atoms with Crippen molar-refractivity contribution in [3.8, 4) is 0 Å². The Labute approximate surface area is 122 Å². The summed E-state index contributed by atoms with van der Waals surface area (Å²) in [6.45, 7) is 13.5. The highest BCUT2D eigenvalue weighted by Gasteiger charge is 2.38. The summed E-state index contributed by atoms with van der Waals surface area (Å²) >= 11 is 0. The van der Waals surface area contributed by atoms with Crippen molar-refractivity contribution in [2.45, 2.75) is 47.1 Å². The molecular formula is C16H27NO3. The molecule has 114 valence electrons. The van der Waals surface area contributed by atoms with Crippen molar-refractivity contribution in [2.75, 3.05) is 0 Å². The van der Waals surface area contributed by atoms with Crippen LogP contribution in [0.2, 0.25) is 0 Å². The molecule has 1 rings (SSSR count). The Morgan fingerprint density at radius 3 is 2.30 bits per heavy atom. The normalized spacial score (nSPS) is 21.2. The molecule has 20 heavy (non-hydrogen) atoms. The molecular weight excluding hydrogens is 254 g/mol. The second-order valence-corrected chi connectivity index (χ2v) is 3.59. The van der Waals surface area contributed by atoms with Crippen LogP contribution in [0.15, 0.2) is 36.5 Å². The van der Waals surface area contributed by atoms with E-state index in [4.69, 9.17) is 5.11 Å². The van der Waals surface area contributed by atoms with Gasteiger partial charge in [0.15, 0.2) is 0 Å². The number of aliphatic carboxylic acids is 1. The van der Waals surface area contributed by atoms with Crippen LogP contribution >= 0.6 is 0 Å². The van der Waals surface area contributed by atoms with E-state index >= 15 is 0 Å². The highest BCUT2D eigenvalue weighted by atomic mass is 16.4. The predicted octanol–water partition coefficient (Wildman–Crippen LogP) is 3.32. The largest absolute Gasteiger partial charge is 0.480 e. The second kappa shape index (κ2) is 12.2. The van der Waals surface area contributed by atoms with E-state index in [1.807, 2.05) is 40.7 Å². The first-order valence-electron chi connectivity index (χ1n) is 7.07. The molecule has 1 aliphatic rings. The van der Waals surface area contributed by atoms with Crippen LogP contribution < -0.4 is 5.32 Å². The Bertz CT molecular complexity index is 370. The molecule has 1 aliphatic heterocycles. The summed E-state index contributed by atoms with van der Waals surface area (Å²) in [5, 5.41) is 11.4. The maximum absolute atomic E-state index is 11.2. The van der Waals surface area contributed by atoms with E-state index in [1.165, 1.54) is 0 Å². The van der Waals surface area contributed by atoms with Crippen molar-refractivity contribution in [3.63, 3.8) is 0 Å². The average Bonchev–Trinajstić information content (AvgIpc) is 2.86. The van der Waals surface area contributed by atoms with E-state index in [0.717, 1.165) is 5.57 Å². The van der Waals surface area contributed by atoms with Crippen LogP contribution in [-0.2, 0) is 9.59 Å². The van der Waals surface area contributed by atoms with Crippen molar-refractivity contribution in [3.05, 3.63) is 36.5 Å². The van der Waals surface area contributed by atoms with Crippen LogP contribution in [0.3, 0.4) is 0 Å². The summed E-state index contributed by atoms with van der Waals surface area (Å²) < 4.78 is 0. The molecule has 2 unspecified atom stereocenters. The van der Waals surface area contributed by atoms with E-state index in [-0.39, 0.29) is 18.2 Å². The molecule has 0 spiro atoms. The van der Waals surface area contributed by atoms with Crippen LogP contribution in [-0.4, -0.2) is 23.0 Å². The van der Waals surface area contributed by atoms with Gasteiger partial charge in [0, 0.05) is 12.3 Å². The molecule has 2 N–H and O–H groups in total. The SMILES string of the molecule is C=C/C(=C\C=C/C)C1CC(=O)NC1C(=O)O.CC.CC. The number of hydrogen-bond acceptors (Lipinski definition) is 2. The first-order valence-corrected chi connectivity index (χ1v) is 7.07. The van der Waals surface area contributed by atoms with Gasteiger partial charge in [-0.15, -0.1) is 0 Å². The third-order valence-corrected chi connectivity index (χ3v) is 2.54. The Morgan fingerprint density at radius 1 is 1.35 bits per heavy atom. The minimum Gasteiger partial charge on any atom is -0.480 e. The molecule has 0 radical (unpaired) electrons. The Balaban J connectivity index is 0.